The first kappa shape index (κ1) is 26.8. The molecule has 0 radical (unpaired) electrons. The van der Waals surface area contributed by atoms with E-state index < -0.39 is 13.9 Å². The SMILES string of the molecule is CC/C=C\C/C=C\C=C\C(CCCCCCCC(=O)OCC1COP(=O)(O)O1)OO. The number of esters is 1. The van der Waals surface area contributed by atoms with Crippen LogP contribution in [0.5, 0.6) is 0 Å². The predicted molar refractivity (Wildman–Crippen MR) is 114 cm³/mol. The van der Waals surface area contributed by atoms with Gasteiger partial charge in [-0.1, -0.05) is 69.1 Å². The molecule has 0 amide bonds. The minimum absolute atomic E-state index is 0.0542. The third-order valence-corrected chi connectivity index (χ3v) is 5.43. The number of carbonyl (C=O) groups is 1. The Morgan fingerprint density at radius 3 is 2.63 bits per heavy atom. The Hall–Kier alpha value is -1.28. The van der Waals surface area contributed by atoms with Crippen molar-refractivity contribution in [2.45, 2.75) is 76.9 Å². The summed E-state index contributed by atoms with van der Waals surface area (Å²) in [6.45, 7) is 1.96. The molecular formula is C21H35O8P. The van der Waals surface area contributed by atoms with Gasteiger partial charge < -0.3 is 9.63 Å². The van der Waals surface area contributed by atoms with Crippen molar-refractivity contribution in [1.82, 2.24) is 0 Å². The maximum atomic E-state index is 11.7. The smallest absolute Gasteiger partial charge is 0.463 e. The third-order valence-electron chi connectivity index (χ3n) is 4.39. The van der Waals surface area contributed by atoms with Crippen molar-refractivity contribution in [3.8, 4) is 0 Å². The molecule has 3 atom stereocenters. The molecule has 1 saturated heterocycles. The first-order valence-electron chi connectivity index (χ1n) is 10.6. The monoisotopic (exact) mass is 446 g/mol. The number of hydrogen-bond acceptors (Lipinski definition) is 7. The topological polar surface area (TPSA) is 112 Å². The molecule has 0 spiro atoms. The Morgan fingerprint density at radius 1 is 1.17 bits per heavy atom. The summed E-state index contributed by atoms with van der Waals surface area (Å²) in [6, 6.07) is 0. The number of ether oxygens (including phenoxy) is 1. The van der Waals surface area contributed by atoms with Crippen LogP contribution in [0.15, 0.2) is 36.5 Å². The van der Waals surface area contributed by atoms with Crippen molar-refractivity contribution in [3.63, 3.8) is 0 Å². The average molecular weight is 446 g/mol. The van der Waals surface area contributed by atoms with Crippen LogP contribution in [0.3, 0.4) is 0 Å². The summed E-state index contributed by atoms with van der Waals surface area (Å²) in [5.41, 5.74) is 0. The van der Waals surface area contributed by atoms with E-state index in [9.17, 15) is 9.36 Å². The molecular weight excluding hydrogens is 411 g/mol. The van der Waals surface area contributed by atoms with Crippen molar-refractivity contribution in [2.24, 2.45) is 0 Å². The Morgan fingerprint density at radius 2 is 1.93 bits per heavy atom. The molecule has 30 heavy (non-hydrogen) atoms. The standard InChI is InChI=1S/C21H35O8P/c1-2-3-4-5-6-8-11-14-19(28-23)15-12-9-7-10-13-16-21(22)26-17-20-18-27-30(24,25)29-20/h3-4,6,8,11,14,19-20,23H,2,5,7,9-10,12-13,15-18H2,1H3,(H,24,25)/b4-3-,8-6-,14-11+. The van der Waals surface area contributed by atoms with Gasteiger partial charge in [-0.15, -0.1) is 0 Å². The Bertz CT molecular complexity index is 602. The summed E-state index contributed by atoms with van der Waals surface area (Å²) in [5, 5.41) is 8.97. The second kappa shape index (κ2) is 16.4. The van der Waals surface area contributed by atoms with E-state index in [1.54, 1.807) is 0 Å². The van der Waals surface area contributed by atoms with Crippen LogP contribution >= 0.6 is 7.82 Å². The Labute approximate surface area is 179 Å². The summed E-state index contributed by atoms with van der Waals surface area (Å²) >= 11 is 0. The molecule has 172 valence electrons. The largest absolute Gasteiger partial charge is 0.472 e. The molecule has 1 aliphatic heterocycles. The highest BCUT2D eigenvalue weighted by molar-refractivity contribution is 7.47. The Balaban J connectivity index is 2.00. The molecule has 1 rings (SSSR count). The number of hydrogen-bond donors (Lipinski definition) is 2. The fourth-order valence-corrected chi connectivity index (χ4v) is 3.69. The zero-order chi connectivity index (χ0) is 22.1. The lowest BCUT2D eigenvalue weighted by atomic mass is 10.1. The molecule has 1 aliphatic rings. The molecule has 1 heterocycles. The molecule has 0 aromatic rings. The van der Waals surface area contributed by atoms with Crippen LogP contribution in [0.25, 0.3) is 0 Å². The molecule has 0 aromatic heterocycles. The van der Waals surface area contributed by atoms with Gasteiger partial charge in [-0.05, 0) is 25.7 Å². The quantitative estimate of drug-likeness (QED) is 0.0640. The minimum atomic E-state index is -3.95. The van der Waals surface area contributed by atoms with Gasteiger partial charge in [0.2, 0.25) is 0 Å². The number of allylic oxidation sites excluding steroid dienone is 5. The number of carbonyl (C=O) groups excluding carboxylic acids is 1. The maximum Gasteiger partial charge on any atom is 0.472 e. The van der Waals surface area contributed by atoms with Gasteiger partial charge in [0.25, 0.3) is 0 Å². The van der Waals surface area contributed by atoms with E-state index in [1.807, 2.05) is 24.3 Å². The van der Waals surface area contributed by atoms with Crippen LogP contribution in [0, 0.1) is 0 Å². The average Bonchev–Trinajstić information content (AvgIpc) is 3.08. The van der Waals surface area contributed by atoms with Gasteiger partial charge in [-0.25, -0.2) is 9.45 Å². The molecule has 9 heteroatoms. The summed E-state index contributed by atoms with van der Waals surface area (Å²) in [6.07, 6.45) is 18.4. The molecule has 0 bridgehead atoms. The van der Waals surface area contributed by atoms with Crippen molar-refractivity contribution >= 4 is 13.8 Å². The van der Waals surface area contributed by atoms with Crippen molar-refractivity contribution in [3.05, 3.63) is 36.5 Å². The number of unbranched alkanes of at least 4 members (excludes halogenated alkanes) is 4. The maximum absolute atomic E-state index is 11.7. The summed E-state index contributed by atoms with van der Waals surface area (Å²) in [5.74, 6) is -0.351. The van der Waals surface area contributed by atoms with Crippen molar-refractivity contribution < 1.29 is 38.2 Å². The highest BCUT2D eigenvalue weighted by Crippen LogP contribution is 2.49. The number of phosphoric ester groups is 1. The van der Waals surface area contributed by atoms with E-state index in [4.69, 9.17) is 19.4 Å². The molecule has 1 fully saturated rings. The van der Waals surface area contributed by atoms with E-state index in [0.717, 1.165) is 51.4 Å². The lowest BCUT2D eigenvalue weighted by Gasteiger charge is -2.09. The molecule has 8 nitrogen and oxygen atoms in total. The van der Waals surface area contributed by atoms with Gasteiger partial charge in [0, 0.05) is 6.42 Å². The molecule has 0 saturated carbocycles. The van der Waals surface area contributed by atoms with Gasteiger partial charge in [-0.2, -0.15) is 0 Å². The molecule has 2 N–H and O–H groups in total. The van der Waals surface area contributed by atoms with Crippen LogP contribution in [0.2, 0.25) is 0 Å². The highest BCUT2D eigenvalue weighted by Gasteiger charge is 2.35. The van der Waals surface area contributed by atoms with E-state index in [0.29, 0.717) is 6.42 Å². The van der Waals surface area contributed by atoms with E-state index in [2.05, 4.69) is 28.5 Å². The van der Waals surface area contributed by atoms with E-state index >= 15 is 0 Å². The second-order valence-electron chi connectivity index (χ2n) is 7.05. The van der Waals surface area contributed by atoms with Crippen LogP contribution in [0.1, 0.15) is 64.7 Å². The molecule has 0 aliphatic carbocycles. The zero-order valence-electron chi connectivity index (χ0n) is 17.7. The van der Waals surface area contributed by atoms with Crippen LogP contribution in [-0.2, 0) is 28.0 Å². The van der Waals surface area contributed by atoms with Gasteiger partial charge in [0.05, 0.1) is 6.61 Å². The fourth-order valence-electron chi connectivity index (χ4n) is 2.78. The van der Waals surface area contributed by atoms with Gasteiger partial charge >= 0.3 is 13.8 Å². The Kier molecular flexibility index (Phi) is 14.6. The third kappa shape index (κ3) is 13.9. The van der Waals surface area contributed by atoms with Crippen LogP contribution in [-0.4, -0.2) is 41.5 Å². The van der Waals surface area contributed by atoms with E-state index in [-0.39, 0.29) is 25.3 Å². The predicted octanol–water partition coefficient (Wildman–Crippen LogP) is 5.10. The fraction of sp³-hybridized carbons (Fsp3) is 0.667. The second-order valence-corrected chi connectivity index (χ2v) is 8.46. The zero-order valence-corrected chi connectivity index (χ0v) is 18.6. The summed E-state index contributed by atoms with van der Waals surface area (Å²) < 4.78 is 25.4. The van der Waals surface area contributed by atoms with Crippen LogP contribution in [0.4, 0.5) is 0 Å². The number of rotatable bonds is 16. The van der Waals surface area contributed by atoms with Crippen LogP contribution < -0.4 is 0 Å². The molecule has 3 unspecified atom stereocenters. The summed E-state index contributed by atoms with van der Waals surface area (Å²) in [4.78, 5) is 25.2. The van der Waals surface area contributed by atoms with E-state index in [1.165, 1.54) is 0 Å². The van der Waals surface area contributed by atoms with Crippen molar-refractivity contribution in [2.75, 3.05) is 13.2 Å². The van der Waals surface area contributed by atoms with Gasteiger partial charge in [0.15, 0.2) is 0 Å². The number of phosphoric acid groups is 1. The summed E-state index contributed by atoms with van der Waals surface area (Å²) in [7, 11) is -3.95. The lowest BCUT2D eigenvalue weighted by molar-refractivity contribution is -0.267. The molecule has 0 aromatic carbocycles. The highest BCUT2D eigenvalue weighted by atomic mass is 31.2. The minimum Gasteiger partial charge on any atom is -0.463 e. The first-order valence-corrected chi connectivity index (χ1v) is 12.1. The van der Waals surface area contributed by atoms with Gasteiger partial charge in [0.1, 0.15) is 18.8 Å². The van der Waals surface area contributed by atoms with Crippen molar-refractivity contribution in [1.29, 1.82) is 0 Å². The first-order chi connectivity index (χ1) is 14.5. The lowest BCUT2D eigenvalue weighted by Crippen LogP contribution is -2.20. The normalized spacial score (nSPS) is 23.1. The van der Waals surface area contributed by atoms with Gasteiger partial charge in [-0.3, -0.25) is 19.1 Å².